The highest BCUT2D eigenvalue weighted by Crippen LogP contribution is 2.42. The van der Waals surface area contributed by atoms with Gasteiger partial charge in [-0.05, 0) is 47.5 Å². The molecule has 2 unspecified atom stereocenters. The maximum atomic E-state index is 11.4. The van der Waals surface area contributed by atoms with E-state index in [1.807, 2.05) is 66.7 Å². The van der Waals surface area contributed by atoms with Gasteiger partial charge in [0.05, 0.1) is 29.0 Å². The van der Waals surface area contributed by atoms with Crippen molar-refractivity contribution < 1.29 is 24.2 Å². The number of nitrogens with zero attached hydrogens (tertiary/aromatic N) is 3. The predicted molar refractivity (Wildman–Crippen MR) is 144 cm³/mol. The Labute approximate surface area is 222 Å². The number of carboxylic acids is 1. The highest BCUT2D eigenvalue weighted by molar-refractivity contribution is 7.99. The van der Waals surface area contributed by atoms with Crippen LogP contribution in [0.15, 0.2) is 83.3 Å². The minimum Gasteiger partial charge on any atom is -0.487 e. The van der Waals surface area contributed by atoms with Crippen molar-refractivity contribution in [2.24, 2.45) is 0 Å². The summed E-state index contributed by atoms with van der Waals surface area (Å²) in [6, 6.07) is 26.2. The second kappa shape index (κ2) is 11.3. The lowest BCUT2D eigenvalue weighted by Crippen LogP contribution is -2.10. The van der Waals surface area contributed by atoms with E-state index in [0.29, 0.717) is 28.2 Å². The van der Waals surface area contributed by atoms with E-state index in [1.54, 1.807) is 18.2 Å². The largest absolute Gasteiger partial charge is 0.487 e. The van der Waals surface area contributed by atoms with Gasteiger partial charge in [0.2, 0.25) is 0 Å². The number of hydrogen-bond acceptors (Lipinski definition) is 8. The molecule has 0 amide bonds. The number of nitriles is 1. The number of hydrogen-bond donors (Lipinski definition) is 2. The molecular formula is C29H23N3O5S. The quantitative estimate of drug-likeness (QED) is 0.232. The number of aromatic nitrogens is 2. The topological polar surface area (TPSA) is 129 Å². The van der Waals surface area contributed by atoms with Crippen LogP contribution in [0, 0.1) is 11.3 Å². The zero-order valence-corrected chi connectivity index (χ0v) is 21.0. The summed E-state index contributed by atoms with van der Waals surface area (Å²) in [6.45, 7) is 0.276. The number of rotatable bonds is 10. The third-order valence-electron chi connectivity index (χ3n) is 5.98. The monoisotopic (exact) mass is 525 g/mol. The number of aliphatic hydroxyl groups excluding tert-OH is 1. The van der Waals surface area contributed by atoms with Gasteiger partial charge in [-0.15, -0.1) is 0 Å². The van der Waals surface area contributed by atoms with Gasteiger partial charge in [-0.3, -0.25) is 4.79 Å². The van der Waals surface area contributed by atoms with Crippen LogP contribution < -0.4 is 4.74 Å². The second-order valence-electron chi connectivity index (χ2n) is 8.59. The highest BCUT2D eigenvalue weighted by Gasteiger charge is 2.25. The van der Waals surface area contributed by atoms with Crippen LogP contribution in [-0.4, -0.2) is 31.9 Å². The highest BCUT2D eigenvalue weighted by atomic mass is 32.2. The molecule has 0 saturated carbocycles. The first kappa shape index (κ1) is 25.3. The lowest BCUT2D eigenvalue weighted by atomic mass is 10.00. The fraction of sp³-hybridized carbons (Fsp3) is 0.172. The molecule has 38 heavy (non-hydrogen) atoms. The number of ether oxygens (including phenoxy) is 1. The van der Waals surface area contributed by atoms with Gasteiger partial charge in [-0.25, -0.2) is 4.98 Å². The third kappa shape index (κ3) is 5.78. The van der Waals surface area contributed by atoms with Crippen LogP contribution in [0.4, 0.5) is 0 Å². The van der Waals surface area contributed by atoms with Crippen LogP contribution in [-0.2, 0) is 11.4 Å². The minimum absolute atomic E-state index is 0.0361. The van der Waals surface area contributed by atoms with Crippen molar-refractivity contribution in [3.63, 3.8) is 0 Å². The van der Waals surface area contributed by atoms with E-state index in [0.717, 1.165) is 22.2 Å². The molecule has 8 nitrogen and oxygen atoms in total. The lowest BCUT2D eigenvalue weighted by Gasteiger charge is -2.24. The number of pyridine rings is 1. The molecule has 0 spiro atoms. The normalized spacial score (nSPS) is 12.7. The number of benzene rings is 3. The number of aliphatic hydroxyl groups is 1. The number of carbonyl (C=O) groups is 1. The molecule has 190 valence electrons. The number of thioether (sulfide) groups is 1. The Bertz CT molecular complexity index is 1640. The van der Waals surface area contributed by atoms with Crippen molar-refractivity contribution in [2.45, 2.75) is 24.4 Å². The first-order valence-electron chi connectivity index (χ1n) is 11.9. The van der Waals surface area contributed by atoms with E-state index in [2.05, 4.69) is 9.97 Å². The van der Waals surface area contributed by atoms with Gasteiger partial charge in [0.15, 0.2) is 11.7 Å². The Morgan fingerprint density at radius 2 is 1.87 bits per heavy atom. The van der Waals surface area contributed by atoms with Crippen molar-refractivity contribution in [1.82, 2.24) is 9.97 Å². The molecule has 3 aromatic carbocycles. The molecule has 0 radical (unpaired) electrons. The molecule has 9 heteroatoms. The van der Waals surface area contributed by atoms with Crippen LogP contribution in [0.2, 0.25) is 0 Å². The Balaban J connectivity index is 1.38. The van der Waals surface area contributed by atoms with Gasteiger partial charge >= 0.3 is 11.9 Å². The molecule has 2 heterocycles. The van der Waals surface area contributed by atoms with E-state index in [4.69, 9.17) is 19.5 Å². The van der Waals surface area contributed by atoms with E-state index < -0.39 is 17.3 Å². The van der Waals surface area contributed by atoms with E-state index in [1.165, 1.54) is 11.8 Å². The second-order valence-corrected chi connectivity index (χ2v) is 9.84. The molecule has 5 aromatic rings. The molecule has 2 atom stereocenters. The van der Waals surface area contributed by atoms with Crippen LogP contribution >= 0.6 is 11.8 Å². The van der Waals surface area contributed by atoms with Gasteiger partial charge < -0.3 is 19.4 Å². The third-order valence-corrected chi connectivity index (χ3v) is 7.31. The van der Waals surface area contributed by atoms with Crippen molar-refractivity contribution in [2.75, 3.05) is 5.75 Å². The van der Waals surface area contributed by atoms with E-state index in [9.17, 15) is 9.90 Å². The molecule has 5 rings (SSSR count). The molecule has 0 aliphatic heterocycles. The summed E-state index contributed by atoms with van der Waals surface area (Å²) >= 11 is 1.35. The van der Waals surface area contributed by atoms with E-state index in [-0.39, 0.29) is 18.9 Å². The zero-order valence-electron chi connectivity index (χ0n) is 20.2. The number of oxazole rings is 1. The average molecular weight is 526 g/mol. The van der Waals surface area contributed by atoms with Gasteiger partial charge in [0.1, 0.15) is 17.9 Å². The molecule has 2 N–H and O–H groups in total. The van der Waals surface area contributed by atoms with Gasteiger partial charge in [0.25, 0.3) is 0 Å². The summed E-state index contributed by atoms with van der Waals surface area (Å²) in [5, 5.41) is 30.2. The Hall–Kier alpha value is -4.39. The lowest BCUT2D eigenvalue weighted by molar-refractivity contribution is -0.136. The number of carboxylic acid groups (broad SMARTS) is 1. The van der Waals surface area contributed by atoms with Crippen molar-refractivity contribution in [3.05, 3.63) is 102 Å². The van der Waals surface area contributed by atoms with Crippen molar-refractivity contribution >= 4 is 39.7 Å². The molecular weight excluding hydrogens is 502 g/mol. The smallest absolute Gasteiger partial charge is 0.304 e. The number of aliphatic carboxylic acids is 1. The summed E-state index contributed by atoms with van der Waals surface area (Å²) in [5.74, 6) is -0.0313. The van der Waals surface area contributed by atoms with Crippen LogP contribution in [0.25, 0.3) is 22.0 Å². The summed E-state index contributed by atoms with van der Waals surface area (Å²) in [4.78, 5) is 19.9. The molecule has 0 fully saturated rings. The van der Waals surface area contributed by atoms with Crippen LogP contribution in [0.5, 0.6) is 5.75 Å². The summed E-state index contributed by atoms with van der Waals surface area (Å²) < 4.78 is 11.4. The van der Waals surface area contributed by atoms with Crippen molar-refractivity contribution in [3.8, 4) is 11.8 Å². The molecule has 0 aliphatic rings. The summed E-state index contributed by atoms with van der Waals surface area (Å²) in [7, 11) is 0. The predicted octanol–water partition coefficient (Wildman–Crippen LogP) is 5.81. The van der Waals surface area contributed by atoms with E-state index >= 15 is 0 Å². The number of para-hydroxylation sites is 1. The van der Waals surface area contributed by atoms with Crippen molar-refractivity contribution in [1.29, 1.82) is 5.26 Å². The van der Waals surface area contributed by atoms with Gasteiger partial charge in [0, 0.05) is 11.1 Å². The molecule has 0 saturated heterocycles. The summed E-state index contributed by atoms with van der Waals surface area (Å²) in [5.41, 5.74) is 3.97. The molecule has 0 bridgehead atoms. The Morgan fingerprint density at radius 1 is 1.00 bits per heavy atom. The Kier molecular flexibility index (Phi) is 7.54. The fourth-order valence-corrected chi connectivity index (χ4v) is 5.35. The summed E-state index contributed by atoms with van der Waals surface area (Å²) in [6.07, 6.45) is -1.01. The van der Waals surface area contributed by atoms with Crippen LogP contribution in [0.3, 0.4) is 0 Å². The first-order chi connectivity index (χ1) is 18.5. The maximum Gasteiger partial charge on any atom is 0.304 e. The minimum atomic E-state index is -0.974. The van der Waals surface area contributed by atoms with Gasteiger partial charge in [-0.1, -0.05) is 42.5 Å². The molecule has 0 aliphatic carbocycles. The zero-order chi connectivity index (χ0) is 26.5. The first-order valence-corrected chi connectivity index (χ1v) is 12.9. The average Bonchev–Trinajstić information content (AvgIpc) is 3.36. The SMILES string of the molecule is N#Cc1nc2cc(C(O)C(SCCC(=O)O)c3cccc(OCc4ccc5ccccc5n4)c3)ccc2o1. The Morgan fingerprint density at radius 3 is 2.71 bits per heavy atom. The van der Waals surface area contributed by atoms with Crippen LogP contribution in [0.1, 0.15) is 40.5 Å². The number of fused-ring (bicyclic) bond motifs is 2. The maximum absolute atomic E-state index is 11.4. The fourth-order valence-electron chi connectivity index (χ4n) is 4.12. The standard InChI is InChI=1S/C29H23N3O5S/c30-16-26-32-24-15-19(9-11-25(24)37-26)28(35)29(38-13-12-27(33)34)20-5-3-6-22(14-20)36-17-21-10-8-18-4-1-2-7-23(18)31-21/h1-11,14-15,28-29,35H,12-13,17H2,(H,33,34). The molecule has 2 aromatic heterocycles. The van der Waals surface area contributed by atoms with Gasteiger partial charge in [-0.2, -0.15) is 22.0 Å².